The van der Waals surface area contributed by atoms with Crippen molar-refractivity contribution in [3.05, 3.63) is 85.7 Å². The molecule has 1 saturated heterocycles. The standard InChI is InChI=1S/C34H31Cl2F3N6O2/c1-8-19-32(43-13-17(6)44(18(7)14-43)22(46)9-2)20-12-21(35)30(23-25(37)27(39)26(38)24(36)28(23)40)42-33(20)45(34(19)47)31-16(5)10-11-41-29(31)15(3)4/h1,9-12,15,17-18H,2,13-14,40H2,3-7H3/t17-,18+. The molecule has 1 amide bonds. The van der Waals surface area contributed by atoms with Crippen LogP contribution in [0.4, 0.5) is 24.5 Å². The lowest BCUT2D eigenvalue weighted by molar-refractivity contribution is -0.130. The Morgan fingerprint density at radius 3 is 2.36 bits per heavy atom. The highest BCUT2D eigenvalue weighted by Crippen LogP contribution is 2.43. The van der Waals surface area contributed by atoms with Crippen molar-refractivity contribution in [3.8, 4) is 29.3 Å². The van der Waals surface area contributed by atoms with Gasteiger partial charge in [-0.05, 0) is 50.5 Å². The molecule has 4 aromatic rings. The summed E-state index contributed by atoms with van der Waals surface area (Å²) in [5, 5.41) is -0.745. The third kappa shape index (κ3) is 5.39. The Balaban J connectivity index is 1.95. The van der Waals surface area contributed by atoms with Crippen molar-refractivity contribution in [2.75, 3.05) is 23.7 Å². The highest BCUT2D eigenvalue weighted by molar-refractivity contribution is 6.36. The number of aryl methyl sites for hydroxylation is 1. The van der Waals surface area contributed by atoms with Crippen LogP contribution < -0.4 is 16.2 Å². The third-order valence-corrected chi connectivity index (χ3v) is 9.01. The fourth-order valence-corrected chi connectivity index (χ4v) is 6.74. The van der Waals surface area contributed by atoms with Crippen LogP contribution in [0.25, 0.3) is 28.0 Å². The number of carbonyl (C=O) groups excluding carboxylic acids is 1. The number of hydrogen-bond acceptors (Lipinski definition) is 6. The van der Waals surface area contributed by atoms with E-state index in [4.69, 9.17) is 35.4 Å². The van der Waals surface area contributed by atoms with Gasteiger partial charge in [0.15, 0.2) is 17.5 Å². The van der Waals surface area contributed by atoms with Gasteiger partial charge in [0.25, 0.3) is 5.56 Å². The highest BCUT2D eigenvalue weighted by Gasteiger charge is 2.35. The second-order valence-electron chi connectivity index (χ2n) is 11.8. The van der Waals surface area contributed by atoms with Crippen LogP contribution in [0.2, 0.25) is 10.0 Å². The largest absolute Gasteiger partial charge is 0.397 e. The van der Waals surface area contributed by atoms with E-state index in [9.17, 15) is 18.4 Å². The summed E-state index contributed by atoms with van der Waals surface area (Å²) in [6.07, 6.45) is 8.91. The number of amides is 1. The molecule has 0 spiro atoms. The van der Waals surface area contributed by atoms with Crippen molar-refractivity contribution in [1.82, 2.24) is 19.4 Å². The van der Waals surface area contributed by atoms with Gasteiger partial charge >= 0.3 is 0 Å². The van der Waals surface area contributed by atoms with Crippen LogP contribution in [0.3, 0.4) is 0 Å². The smallest absolute Gasteiger partial charge is 0.274 e. The van der Waals surface area contributed by atoms with Gasteiger partial charge in [0.1, 0.15) is 16.2 Å². The quantitative estimate of drug-likeness (QED) is 0.0820. The maximum absolute atomic E-state index is 15.4. The maximum Gasteiger partial charge on any atom is 0.274 e. The molecule has 0 radical (unpaired) electrons. The van der Waals surface area contributed by atoms with Gasteiger partial charge in [0.2, 0.25) is 5.91 Å². The molecule has 1 aromatic carbocycles. The second-order valence-corrected chi connectivity index (χ2v) is 12.6. The molecule has 13 heteroatoms. The zero-order valence-corrected chi connectivity index (χ0v) is 27.8. The summed E-state index contributed by atoms with van der Waals surface area (Å²) < 4.78 is 45.7. The number of nitrogen functional groups attached to an aromatic ring is 1. The Labute approximate surface area is 279 Å². The Morgan fingerprint density at radius 2 is 1.79 bits per heavy atom. The lowest BCUT2D eigenvalue weighted by Gasteiger charge is -2.45. The van der Waals surface area contributed by atoms with Crippen molar-refractivity contribution >= 4 is 51.5 Å². The second kappa shape index (κ2) is 12.6. The summed E-state index contributed by atoms with van der Waals surface area (Å²) in [5.74, 6) is -3.02. The van der Waals surface area contributed by atoms with Gasteiger partial charge in [-0.1, -0.05) is 49.5 Å². The number of carbonyl (C=O) groups is 1. The van der Waals surface area contributed by atoms with Crippen LogP contribution in [0.15, 0.2) is 35.8 Å². The van der Waals surface area contributed by atoms with E-state index < -0.39 is 39.3 Å². The van der Waals surface area contributed by atoms with Crippen LogP contribution in [-0.4, -0.2) is 50.5 Å². The fourth-order valence-electron chi connectivity index (χ4n) is 6.32. The molecule has 5 rings (SSSR count). The van der Waals surface area contributed by atoms with Crippen LogP contribution >= 0.6 is 23.2 Å². The van der Waals surface area contributed by atoms with E-state index in [1.807, 2.05) is 32.6 Å². The molecule has 1 aliphatic rings. The Morgan fingerprint density at radius 1 is 1.15 bits per heavy atom. The number of nitrogens with zero attached hydrogens (tertiary/aromatic N) is 5. The molecule has 0 aliphatic carbocycles. The summed E-state index contributed by atoms with van der Waals surface area (Å²) in [7, 11) is 0. The summed E-state index contributed by atoms with van der Waals surface area (Å²) >= 11 is 12.7. The first-order valence-corrected chi connectivity index (χ1v) is 15.4. The number of piperazine rings is 1. The van der Waals surface area contributed by atoms with Gasteiger partial charge in [0.05, 0.1) is 39.0 Å². The van der Waals surface area contributed by atoms with Gasteiger partial charge in [0, 0.05) is 36.8 Å². The molecule has 0 saturated carbocycles. The number of benzene rings is 1. The van der Waals surface area contributed by atoms with Gasteiger partial charge in [-0.15, -0.1) is 6.42 Å². The van der Waals surface area contributed by atoms with Crippen LogP contribution in [0.5, 0.6) is 0 Å². The lowest BCUT2D eigenvalue weighted by Crippen LogP contribution is -2.58. The number of halogens is 5. The molecule has 47 heavy (non-hydrogen) atoms. The number of nitrogens with two attached hydrogens (primary N) is 1. The number of rotatable bonds is 5. The van der Waals surface area contributed by atoms with Crippen molar-refractivity contribution in [1.29, 1.82) is 0 Å². The molecule has 1 fully saturated rings. The average Bonchev–Trinajstić information content (AvgIpc) is 3.02. The van der Waals surface area contributed by atoms with Gasteiger partial charge < -0.3 is 15.5 Å². The van der Waals surface area contributed by atoms with E-state index in [-0.39, 0.29) is 58.9 Å². The minimum atomic E-state index is -1.86. The number of hydrogen-bond donors (Lipinski definition) is 1. The molecule has 244 valence electrons. The van der Waals surface area contributed by atoms with Gasteiger partial charge in [-0.2, -0.15) is 0 Å². The summed E-state index contributed by atoms with van der Waals surface area (Å²) in [4.78, 5) is 40.0. The first-order valence-electron chi connectivity index (χ1n) is 14.7. The minimum absolute atomic E-state index is 0.00876. The first-order chi connectivity index (χ1) is 22.2. The molecule has 3 aromatic heterocycles. The Hall–Kier alpha value is -4.53. The van der Waals surface area contributed by atoms with E-state index in [0.717, 1.165) is 0 Å². The molecule has 8 nitrogen and oxygen atoms in total. The topological polar surface area (TPSA) is 97.3 Å². The summed E-state index contributed by atoms with van der Waals surface area (Å²) in [6, 6.07) is 2.51. The van der Waals surface area contributed by atoms with Crippen LogP contribution in [0, 0.1) is 36.7 Å². The lowest BCUT2D eigenvalue weighted by atomic mass is 10.0. The molecule has 4 heterocycles. The van der Waals surface area contributed by atoms with E-state index >= 15 is 4.39 Å². The van der Waals surface area contributed by atoms with Crippen molar-refractivity contribution in [2.45, 2.75) is 52.6 Å². The molecule has 1 aliphatic heterocycles. The van der Waals surface area contributed by atoms with Gasteiger partial charge in [-0.25, -0.2) is 18.2 Å². The number of pyridine rings is 3. The average molecular weight is 684 g/mol. The van der Waals surface area contributed by atoms with E-state index in [1.54, 1.807) is 24.1 Å². The molecule has 2 N–H and O–H groups in total. The number of anilines is 2. The first kappa shape index (κ1) is 33.8. The summed E-state index contributed by atoms with van der Waals surface area (Å²) in [6.45, 7) is 13.5. The van der Waals surface area contributed by atoms with Crippen molar-refractivity contribution in [3.63, 3.8) is 0 Å². The van der Waals surface area contributed by atoms with E-state index in [0.29, 0.717) is 28.0 Å². The van der Waals surface area contributed by atoms with Crippen LogP contribution in [0.1, 0.15) is 50.4 Å². The molecule has 0 bridgehead atoms. The summed E-state index contributed by atoms with van der Waals surface area (Å²) in [5.41, 5.74) is 5.58. The maximum atomic E-state index is 15.4. The predicted octanol–water partition coefficient (Wildman–Crippen LogP) is 6.78. The monoisotopic (exact) mass is 682 g/mol. The van der Waals surface area contributed by atoms with E-state index in [1.165, 1.54) is 16.7 Å². The molecule has 0 unspecified atom stereocenters. The van der Waals surface area contributed by atoms with Crippen LogP contribution in [-0.2, 0) is 4.79 Å². The number of fused-ring (bicyclic) bond motifs is 1. The normalized spacial score (nSPS) is 16.6. The predicted molar refractivity (Wildman–Crippen MR) is 180 cm³/mol. The van der Waals surface area contributed by atoms with Crippen molar-refractivity contribution in [2.24, 2.45) is 0 Å². The SMILES string of the molecule is C#Cc1c(N2C[C@@H](C)N(C(=O)C=C)[C@@H](C)C2)c2cc(Cl)c(-c3c(N)c(Cl)c(F)c(F)c3F)nc2n(-c2c(C)ccnc2C(C)C)c1=O. The van der Waals surface area contributed by atoms with Gasteiger partial charge in [-0.3, -0.25) is 19.1 Å². The zero-order valence-electron chi connectivity index (χ0n) is 26.3. The molecular formula is C34H31Cl2F3N6O2. The Kier molecular flexibility index (Phi) is 9.05. The molecule has 2 atom stereocenters. The number of aromatic nitrogens is 3. The van der Waals surface area contributed by atoms with Crippen molar-refractivity contribution < 1.29 is 18.0 Å². The number of terminal acetylenes is 1. The third-order valence-electron chi connectivity index (χ3n) is 8.35. The Bertz CT molecular complexity index is 2050. The van der Waals surface area contributed by atoms with E-state index in [2.05, 4.69) is 22.5 Å². The zero-order chi connectivity index (χ0) is 34.6. The highest BCUT2D eigenvalue weighted by atomic mass is 35.5. The minimum Gasteiger partial charge on any atom is -0.397 e. The fraction of sp³-hybridized carbons (Fsp3) is 0.294. The molecular weight excluding hydrogens is 652 g/mol.